The molecular weight excluding hydrogens is 320 g/mol. The number of hydrogen-bond acceptors (Lipinski definition) is 5. The molecule has 25 heavy (non-hydrogen) atoms. The maximum Gasteiger partial charge on any atom is 0.297 e. The predicted molar refractivity (Wildman–Crippen MR) is 97.1 cm³/mol. The quantitative estimate of drug-likeness (QED) is 0.572. The summed E-state index contributed by atoms with van der Waals surface area (Å²) in [6.45, 7) is 2.45. The van der Waals surface area contributed by atoms with Crippen molar-refractivity contribution in [2.75, 3.05) is 11.9 Å². The van der Waals surface area contributed by atoms with E-state index in [0.717, 1.165) is 11.3 Å². The predicted octanol–water partition coefficient (Wildman–Crippen LogP) is 2.33. The molecule has 4 N–H and O–H groups in total. The van der Waals surface area contributed by atoms with E-state index in [-0.39, 0.29) is 13.2 Å². The largest absolute Gasteiger partial charge is 0.504 e. The summed E-state index contributed by atoms with van der Waals surface area (Å²) in [7, 11) is 0. The Morgan fingerprint density at radius 1 is 1.08 bits per heavy atom. The zero-order chi connectivity index (χ0) is 18.0. The molecule has 0 radical (unpaired) electrons. The Kier molecular flexibility index (Phi) is 4.63. The Balaban J connectivity index is 1.99. The van der Waals surface area contributed by atoms with Crippen LogP contribution >= 0.6 is 0 Å². The summed E-state index contributed by atoms with van der Waals surface area (Å²) in [5.74, 6) is -1.16. The molecule has 0 atom stereocenters. The van der Waals surface area contributed by atoms with Gasteiger partial charge in [-0.25, -0.2) is 0 Å². The highest BCUT2D eigenvalue weighted by Crippen LogP contribution is 2.32. The normalized spacial score (nSPS) is 11.0. The molecule has 0 aliphatic carbocycles. The van der Waals surface area contributed by atoms with Gasteiger partial charge in [-0.05, 0) is 36.2 Å². The number of nitrogens with zero attached hydrogens (tertiary/aromatic N) is 1. The molecule has 0 saturated heterocycles. The van der Waals surface area contributed by atoms with Crippen LogP contribution in [0.1, 0.15) is 11.1 Å². The van der Waals surface area contributed by atoms with Crippen molar-refractivity contribution in [2.24, 2.45) is 0 Å². The summed E-state index contributed by atoms with van der Waals surface area (Å²) in [4.78, 5) is 12.1. The van der Waals surface area contributed by atoms with Crippen molar-refractivity contribution in [3.63, 3.8) is 0 Å². The number of fused-ring (bicyclic) bond motifs is 1. The zero-order valence-corrected chi connectivity index (χ0v) is 13.9. The third-order valence-electron chi connectivity index (χ3n) is 4.28. The Bertz CT molecular complexity index is 979. The van der Waals surface area contributed by atoms with Gasteiger partial charge in [0.15, 0.2) is 5.75 Å². The van der Waals surface area contributed by atoms with E-state index in [1.54, 1.807) is 18.2 Å². The summed E-state index contributed by atoms with van der Waals surface area (Å²) < 4.78 is 1.25. The second-order valence-corrected chi connectivity index (χ2v) is 5.89. The number of nitrogens with one attached hydrogen (secondary N) is 1. The van der Waals surface area contributed by atoms with Crippen molar-refractivity contribution < 1.29 is 15.3 Å². The highest BCUT2D eigenvalue weighted by atomic mass is 16.3. The summed E-state index contributed by atoms with van der Waals surface area (Å²) in [6.07, 6.45) is 0. The lowest BCUT2D eigenvalue weighted by Crippen LogP contribution is -2.21. The molecule has 3 rings (SSSR count). The second kappa shape index (κ2) is 6.86. The van der Waals surface area contributed by atoms with Gasteiger partial charge in [-0.1, -0.05) is 24.3 Å². The summed E-state index contributed by atoms with van der Waals surface area (Å²) in [6, 6.07) is 13.2. The van der Waals surface area contributed by atoms with Crippen LogP contribution in [0.2, 0.25) is 0 Å². The van der Waals surface area contributed by atoms with Crippen molar-refractivity contribution in [1.29, 1.82) is 0 Å². The standard InChI is InChI=1S/C19H20N2O4/c1-12-4-2-3-5-13(12)11-20-14-6-7-16-15(10-14)17(23)18(24)19(25)21(16)8-9-22/h2-7,10,20,22-24H,8-9,11H2,1H3. The van der Waals surface area contributed by atoms with E-state index in [2.05, 4.69) is 5.32 Å². The Hall–Kier alpha value is -2.99. The highest BCUT2D eigenvalue weighted by molar-refractivity contribution is 5.90. The van der Waals surface area contributed by atoms with Crippen LogP contribution in [0.4, 0.5) is 5.69 Å². The number of aryl methyl sites for hydroxylation is 1. The van der Waals surface area contributed by atoms with Gasteiger partial charge < -0.3 is 25.2 Å². The van der Waals surface area contributed by atoms with Crippen LogP contribution in [-0.2, 0) is 13.1 Å². The maximum absolute atomic E-state index is 12.1. The molecule has 130 valence electrons. The van der Waals surface area contributed by atoms with Gasteiger partial charge in [0, 0.05) is 24.2 Å². The molecule has 0 bridgehead atoms. The van der Waals surface area contributed by atoms with E-state index in [9.17, 15) is 15.0 Å². The van der Waals surface area contributed by atoms with Gasteiger partial charge in [0.05, 0.1) is 12.1 Å². The lowest BCUT2D eigenvalue weighted by atomic mass is 10.1. The fourth-order valence-electron chi connectivity index (χ4n) is 2.86. The average Bonchev–Trinajstić information content (AvgIpc) is 2.63. The number of aliphatic hydroxyl groups is 1. The Morgan fingerprint density at radius 2 is 1.84 bits per heavy atom. The molecule has 0 unspecified atom stereocenters. The molecule has 0 fully saturated rings. The number of benzene rings is 2. The van der Waals surface area contributed by atoms with Crippen molar-refractivity contribution >= 4 is 16.6 Å². The number of aromatic nitrogens is 1. The van der Waals surface area contributed by atoms with Crippen LogP contribution in [0.5, 0.6) is 11.5 Å². The fourth-order valence-corrected chi connectivity index (χ4v) is 2.86. The molecule has 3 aromatic rings. The first-order valence-electron chi connectivity index (χ1n) is 8.00. The van der Waals surface area contributed by atoms with Gasteiger partial charge in [0.2, 0.25) is 5.75 Å². The fraction of sp³-hybridized carbons (Fsp3) is 0.211. The van der Waals surface area contributed by atoms with E-state index in [1.807, 2.05) is 31.2 Å². The van der Waals surface area contributed by atoms with Gasteiger partial charge in [0.25, 0.3) is 5.56 Å². The van der Waals surface area contributed by atoms with Gasteiger partial charge in [0.1, 0.15) is 0 Å². The van der Waals surface area contributed by atoms with E-state index >= 15 is 0 Å². The SMILES string of the molecule is Cc1ccccc1CNc1ccc2c(c1)c(O)c(O)c(=O)n2CCO. The van der Waals surface area contributed by atoms with Crippen LogP contribution in [0.3, 0.4) is 0 Å². The number of pyridine rings is 1. The van der Waals surface area contributed by atoms with Crippen LogP contribution in [0.25, 0.3) is 10.9 Å². The van der Waals surface area contributed by atoms with Gasteiger partial charge >= 0.3 is 0 Å². The molecule has 0 aliphatic heterocycles. The van der Waals surface area contributed by atoms with E-state index in [1.165, 1.54) is 10.1 Å². The first-order chi connectivity index (χ1) is 12.0. The topological polar surface area (TPSA) is 94.7 Å². The number of aromatic hydroxyl groups is 2. The summed E-state index contributed by atoms with van der Waals surface area (Å²) >= 11 is 0. The van der Waals surface area contributed by atoms with Crippen LogP contribution in [0, 0.1) is 6.92 Å². The average molecular weight is 340 g/mol. The molecule has 2 aromatic carbocycles. The van der Waals surface area contributed by atoms with Crippen LogP contribution in [0.15, 0.2) is 47.3 Å². The van der Waals surface area contributed by atoms with Crippen LogP contribution in [-0.4, -0.2) is 26.5 Å². The molecule has 0 saturated carbocycles. The third-order valence-corrected chi connectivity index (χ3v) is 4.28. The van der Waals surface area contributed by atoms with Crippen molar-refractivity contribution in [1.82, 2.24) is 4.57 Å². The first-order valence-corrected chi connectivity index (χ1v) is 8.00. The molecule has 6 heteroatoms. The van der Waals surface area contributed by atoms with Crippen molar-refractivity contribution in [3.8, 4) is 11.5 Å². The molecule has 0 aliphatic rings. The number of anilines is 1. The lowest BCUT2D eigenvalue weighted by molar-refractivity contribution is 0.274. The Labute approximate surface area is 144 Å². The van der Waals surface area contributed by atoms with Crippen molar-refractivity contribution in [2.45, 2.75) is 20.0 Å². The maximum atomic E-state index is 12.1. The lowest BCUT2D eigenvalue weighted by Gasteiger charge is -2.14. The molecule has 0 amide bonds. The monoisotopic (exact) mass is 340 g/mol. The molecule has 0 spiro atoms. The van der Waals surface area contributed by atoms with E-state index in [0.29, 0.717) is 17.4 Å². The van der Waals surface area contributed by atoms with Gasteiger partial charge in [-0.2, -0.15) is 0 Å². The molecule has 1 heterocycles. The van der Waals surface area contributed by atoms with Crippen LogP contribution < -0.4 is 10.9 Å². The minimum absolute atomic E-state index is 0.0408. The third kappa shape index (κ3) is 3.16. The number of rotatable bonds is 5. The van der Waals surface area contributed by atoms with Crippen molar-refractivity contribution in [3.05, 3.63) is 63.9 Å². The first kappa shape index (κ1) is 16.9. The number of aliphatic hydroxyl groups excluding tert-OH is 1. The minimum atomic E-state index is -0.723. The van der Waals surface area contributed by atoms with Gasteiger partial charge in [-0.3, -0.25) is 4.79 Å². The zero-order valence-electron chi connectivity index (χ0n) is 13.9. The molecule has 6 nitrogen and oxygen atoms in total. The smallest absolute Gasteiger partial charge is 0.297 e. The molecule has 1 aromatic heterocycles. The van der Waals surface area contributed by atoms with E-state index in [4.69, 9.17) is 5.11 Å². The van der Waals surface area contributed by atoms with Gasteiger partial charge in [-0.15, -0.1) is 0 Å². The van der Waals surface area contributed by atoms with E-state index < -0.39 is 17.1 Å². The Morgan fingerprint density at radius 3 is 2.56 bits per heavy atom. The second-order valence-electron chi connectivity index (χ2n) is 5.89. The minimum Gasteiger partial charge on any atom is -0.504 e. The summed E-state index contributed by atoms with van der Waals surface area (Å²) in [5, 5.41) is 32.8. The molecular formula is C19H20N2O4. The number of hydrogen-bond donors (Lipinski definition) is 4. The highest BCUT2D eigenvalue weighted by Gasteiger charge is 2.15. The summed E-state index contributed by atoms with van der Waals surface area (Å²) in [5.41, 5.74) is 2.81.